The first kappa shape index (κ1) is 37.0. The first-order chi connectivity index (χ1) is 24.2. The van der Waals surface area contributed by atoms with Gasteiger partial charge >= 0.3 is 5.97 Å². The number of rotatable bonds is 19. The Morgan fingerprint density at radius 2 is 1.76 bits per heavy atom. The minimum Gasteiger partial charge on any atom is -0.455 e. The van der Waals surface area contributed by atoms with Gasteiger partial charge in [-0.05, 0) is 50.2 Å². The Bertz CT molecular complexity index is 1500. The van der Waals surface area contributed by atoms with Crippen molar-refractivity contribution in [1.29, 1.82) is 0 Å². The Morgan fingerprint density at radius 1 is 1.06 bits per heavy atom. The average molecular weight is 686 g/mol. The van der Waals surface area contributed by atoms with E-state index in [9.17, 15) is 24.3 Å². The van der Waals surface area contributed by atoms with Crippen molar-refractivity contribution in [1.82, 2.24) is 15.1 Å². The molecule has 0 aliphatic carbocycles. The summed E-state index contributed by atoms with van der Waals surface area (Å²) in [6, 6.07) is 17.5. The lowest BCUT2D eigenvalue weighted by atomic mass is 9.70. The van der Waals surface area contributed by atoms with Crippen molar-refractivity contribution in [3.63, 3.8) is 0 Å². The fourth-order valence-electron chi connectivity index (χ4n) is 7.99. The van der Waals surface area contributed by atoms with E-state index < -0.39 is 47.7 Å². The van der Waals surface area contributed by atoms with Crippen LogP contribution in [0.5, 0.6) is 0 Å². The second-order valence-electron chi connectivity index (χ2n) is 13.7. The second-order valence-corrected chi connectivity index (χ2v) is 13.7. The number of allylic oxidation sites excluding steroid dienone is 1. The molecule has 3 aliphatic rings. The van der Waals surface area contributed by atoms with Crippen molar-refractivity contribution < 1.29 is 33.8 Å². The van der Waals surface area contributed by atoms with Crippen molar-refractivity contribution in [3.05, 3.63) is 97.1 Å². The third-order valence-corrected chi connectivity index (χ3v) is 10.3. The maximum absolute atomic E-state index is 14.7. The van der Waals surface area contributed by atoms with Crippen LogP contribution in [0.25, 0.3) is 0 Å². The van der Waals surface area contributed by atoms with Gasteiger partial charge in [0.2, 0.25) is 17.7 Å². The Balaban J connectivity index is 1.43. The van der Waals surface area contributed by atoms with E-state index in [1.165, 1.54) is 0 Å². The van der Waals surface area contributed by atoms with Crippen LogP contribution in [0.15, 0.2) is 86.0 Å². The van der Waals surface area contributed by atoms with Crippen LogP contribution in [0.1, 0.15) is 75.5 Å². The number of aliphatic hydroxyl groups is 1. The lowest BCUT2D eigenvalue weighted by Crippen LogP contribution is -2.56. The van der Waals surface area contributed by atoms with Gasteiger partial charge in [-0.1, -0.05) is 85.7 Å². The van der Waals surface area contributed by atoms with Crippen LogP contribution in [0.2, 0.25) is 0 Å². The largest absolute Gasteiger partial charge is 0.455 e. The third kappa shape index (κ3) is 7.87. The number of carbonyl (C=O) groups excluding carboxylic acids is 4. The Kier molecular flexibility index (Phi) is 12.6. The molecule has 0 aromatic heterocycles. The lowest BCUT2D eigenvalue weighted by molar-refractivity contribution is -0.162. The van der Waals surface area contributed by atoms with Crippen LogP contribution in [-0.2, 0) is 35.2 Å². The summed E-state index contributed by atoms with van der Waals surface area (Å²) < 4.78 is 12.9. The van der Waals surface area contributed by atoms with E-state index in [-0.39, 0.29) is 37.3 Å². The van der Waals surface area contributed by atoms with Gasteiger partial charge in [-0.15, -0.1) is 13.2 Å². The summed E-state index contributed by atoms with van der Waals surface area (Å²) in [6.07, 6.45) is 6.66. The standard InChI is InChI=1S/C40H51N3O7/c1-4-6-21-32(45)41-28(3)35(30-19-13-10-14-20-30)49-39(48)33-31-22-23-40(50-31)34(33)37(46)43(25-15-7-8-16-26-44)36(40)38(47)42(24-5-2)27-29-17-11-9-12-18-29/h4-5,9-14,17-20,28,31,33-36,44H,1-2,6-8,15-16,21-27H2,3H3,(H,41,45)/t28-,31-,33+,34+,35-,36-,40+/m0/s1. The normalized spacial score (nSPS) is 24.7. The molecule has 2 aromatic rings. The molecule has 3 aliphatic heterocycles. The molecule has 5 rings (SSSR count). The molecule has 3 saturated heterocycles. The highest BCUT2D eigenvalue weighted by molar-refractivity contribution is 5.98. The topological polar surface area (TPSA) is 125 Å². The monoisotopic (exact) mass is 685 g/mol. The fraction of sp³-hybridized carbons (Fsp3) is 0.500. The van der Waals surface area contributed by atoms with Gasteiger partial charge in [0.15, 0.2) is 0 Å². The zero-order valence-electron chi connectivity index (χ0n) is 29.1. The van der Waals surface area contributed by atoms with Gasteiger partial charge < -0.3 is 29.7 Å². The molecule has 10 heteroatoms. The number of ether oxygens (including phenoxy) is 2. The van der Waals surface area contributed by atoms with E-state index in [0.29, 0.717) is 50.8 Å². The number of fused-ring (bicyclic) bond motifs is 1. The number of benzene rings is 2. The number of esters is 1. The highest BCUT2D eigenvalue weighted by atomic mass is 16.6. The smallest absolute Gasteiger partial charge is 0.313 e. The molecule has 0 saturated carbocycles. The highest BCUT2D eigenvalue weighted by Crippen LogP contribution is 2.59. The summed E-state index contributed by atoms with van der Waals surface area (Å²) in [5.74, 6) is -3.03. The molecule has 0 radical (unpaired) electrons. The number of unbranched alkanes of at least 4 members (excludes halogenated alkanes) is 3. The van der Waals surface area contributed by atoms with Gasteiger partial charge in [-0.2, -0.15) is 0 Å². The molecular formula is C40H51N3O7. The number of carbonyl (C=O) groups is 4. The zero-order chi connectivity index (χ0) is 35.7. The Hall–Kier alpha value is -4.28. The number of nitrogens with zero attached hydrogens (tertiary/aromatic N) is 2. The van der Waals surface area contributed by atoms with Crippen LogP contribution in [-0.4, -0.2) is 82.1 Å². The zero-order valence-corrected chi connectivity index (χ0v) is 29.1. The van der Waals surface area contributed by atoms with Crippen LogP contribution in [0, 0.1) is 11.8 Å². The summed E-state index contributed by atoms with van der Waals surface area (Å²) in [4.78, 5) is 59.6. The van der Waals surface area contributed by atoms with Crippen molar-refractivity contribution in [2.24, 2.45) is 11.8 Å². The highest BCUT2D eigenvalue weighted by Gasteiger charge is 2.75. The number of amides is 3. The third-order valence-electron chi connectivity index (χ3n) is 10.3. The number of nitrogens with one attached hydrogen (secondary N) is 1. The van der Waals surface area contributed by atoms with Gasteiger partial charge in [0.25, 0.3) is 0 Å². The SMILES string of the molecule is C=CCCC(=O)N[C@@H](C)[C@H](OC(=O)[C@@H]1[C@@H]2CC[C@]3(O2)[C@H](C(=O)N(CC=C)Cc2ccccc2)N(CCCCCCO)C(=O)[C@@H]13)c1ccccc1. The minimum absolute atomic E-state index is 0.102. The van der Waals surface area contributed by atoms with E-state index >= 15 is 0 Å². The first-order valence-corrected chi connectivity index (χ1v) is 17.9. The summed E-state index contributed by atoms with van der Waals surface area (Å²) >= 11 is 0. The number of hydrogen-bond donors (Lipinski definition) is 2. The van der Waals surface area contributed by atoms with Gasteiger partial charge in [0.05, 0.1) is 24.0 Å². The molecule has 7 atom stereocenters. The average Bonchev–Trinajstić information content (AvgIpc) is 3.77. The van der Waals surface area contributed by atoms with Crippen LogP contribution >= 0.6 is 0 Å². The lowest BCUT2D eigenvalue weighted by Gasteiger charge is -2.37. The maximum atomic E-state index is 14.7. The van der Waals surface area contributed by atoms with E-state index in [0.717, 1.165) is 18.4 Å². The van der Waals surface area contributed by atoms with E-state index in [2.05, 4.69) is 18.5 Å². The summed E-state index contributed by atoms with van der Waals surface area (Å²) in [5, 5.41) is 12.2. The van der Waals surface area contributed by atoms with E-state index in [1.807, 2.05) is 60.7 Å². The molecule has 3 fully saturated rings. The predicted molar refractivity (Wildman–Crippen MR) is 189 cm³/mol. The minimum atomic E-state index is -1.17. The predicted octanol–water partition coefficient (Wildman–Crippen LogP) is 4.88. The molecule has 2 bridgehead atoms. The Labute approximate surface area is 295 Å². The fourth-order valence-corrected chi connectivity index (χ4v) is 7.99. The van der Waals surface area contributed by atoms with Gasteiger partial charge in [0, 0.05) is 32.7 Å². The molecule has 2 aromatic carbocycles. The van der Waals surface area contributed by atoms with Crippen LogP contribution in [0.4, 0.5) is 0 Å². The van der Waals surface area contributed by atoms with Crippen molar-refractivity contribution >= 4 is 23.7 Å². The second kappa shape index (κ2) is 17.1. The van der Waals surface area contributed by atoms with Crippen LogP contribution in [0.3, 0.4) is 0 Å². The molecule has 0 unspecified atom stereocenters. The summed E-state index contributed by atoms with van der Waals surface area (Å²) in [6.45, 7) is 10.4. The molecule has 10 nitrogen and oxygen atoms in total. The number of likely N-dealkylation sites (tertiary alicyclic amines) is 1. The number of aliphatic hydroxyl groups excluding tert-OH is 1. The molecule has 268 valence electrons. The van der Waals surface area contributed by atoms with E-state index in [1.54, 1.807) is 28.9 Å². The van der Waals surface area contributed by atoms with Crippen molar-refractivity contribution in [3.8, 4) is 0 Å². The Morgan fingerprint density at radius 3 is 2.44 bits per heavy atom. The van der Waals surface area contributed by atoms with Crippen LogP contribution < -0.4 is 5.32 Å². The van der Waals surface area contributed by atoms with Gasteiger partial charge in [-0.3, -0.25) is 19.2 Å². The van der Waals surface area contributed by atoms with Gasteiger partial charge in [-0.25, -0.2) is 0 Å². The van der Waals surface area contributed by atoms with Gasteiger partial charge in [0.1, 0.15) is 17.7 Å². The van der Waals surface area contributed by atoms with Crippen molar-refractivity contribution in [2.75, 3.05) is 19.7 Å². The molecule has 3 amide bonds. The summed E-state index contributed by atoms with van der Waals surface area (Å²) in [7, 11) is 0. The van der Waals surface area contributed by atoms with Crippen molar-refractivity contribution in [2.45, 2.75) is 94.7 Å². The first-order valence-electron chi connectivity index (χ1n) is 17.9. The summed E-state index contributed by atoms with van der Waals surface area (Å²) in [5.41, 5.74) is 0.496. The molecule has 3 heterocycles. The molecule has 50 heavy (non-hydrogen) atoms. The maximum Gasteiger partial charge on any atom is 0.313 e. The number of hydrogen-bond acceptors (Lipinski definition) is 7. The molecular weight excluding hydrogens is 634 g/mol. The van der Waals surface area contributed by atoms with E-state index in [4.69, 9.17) is 9.47 Å². The quantitative estimate of drug-likeness (QED) is 0.123. The molecule has 1 spiro atoms. The molecule has 2 N–H and O–H groups in total.